The molecule has 0 atom stereocenters. The summed E-state index contributed by atoms with van der Waals surface area (Å²) in [5, 5.41) is 10.5. The zero-order chi connectivity index (χ0) is 20.2. The third-order valence-corrected chi connectivity index (χ3v) is 6.80. The fourth-order valence-electron chi connectivity index (χ4n) is 3.85. The fraction of sp³-hybridized carbons (Fsp3) is 0.381. The average Bonchev–Trinajstić information content (AvgIpc) is 3.31. The highest BCUT2D eigenvalue weighted by molar-refractivity contribution is 7.19. The first-order valence-electron chi connectivity index (χ1n) is 9.60. The van der Waals surface area contributed by atoms with Gasteiger partial charge in [0.25, 0.3) is 0 Å². The van der Waals surface area contributed by atoms with E-state index in [2.05, 4.69) is 17.9 Å². The quantitative estimate of drug-likeness (QED) is 0.693. The Labute approximate surface area is 172 Å². The lowest BCUT2D eigenvalue weighted by Crippen LogP contribution is -2.48. The topological polar surface area (TPSA) is 97.3 Å². The molecule has 8 heteroatoms. The summed E-state index contributed by atoms with van der Waals surface area (Å²) in [7, 11) is 0. The fourth-order valence-corrected chi connectivity index (χ4v) is 4.82. The molecule has 7 nitrogen and oxygen atoms in total. The molecule has 3 aromatic rings. The molecule has 0 aliphatic carbocycles. The van der Waals surface area contributed by atoms with Crippen molar-refractivity contribution in [2.45, 2.75) is 32.2 Å². The van der Waals surface area contributed by atoms with E-state index >= 15 is 0 Å². The molecule has 148 valence electrons. The standard InChI is InChI=1S/C21H21N5O2S/c1-12-16(10-22)29-20-17(12)19(26-7-5-21(2,23)6-8-26)24-18(25-20)13-3-4-14-15(9-13)28-11-27-14/h3-4,9H,5-8,11,23H2,1-2H3. The summed E-state index contributed by atoms with van der Waals surface area (Å²) < 4.78 is 10.9. The Balaban J connectivity index is 1.66. The molecule has 2 aliphatic rings. The van der Waals surface area contributed by atoms with Crippen molar-refractivity contribution in [2.75, 3.05) is 24.8 Å². The van der Waals surface area contributed by atoms with Crippen LogP contribution in [-0.4, -0.2) is 35.4 Å². The van der Waals surface area contributed by atoms with Gasteiger partial charge in [0.2, 0.25) is 6.79 Å². The molecule has 0 amide bonds. The number of anilines is 1. The molecular formula is C21H21N5O2S. The van der Waals surface area contributed by atoms with E-state index in [9.17, 15) is 5.26 Å². The second-order valence-corrected chi connectivity index (χ2v) is 8.93. The lowest BCUT2D eigenvalue weighted by molar-refractivity contribution is 0.174. The van der Waals surface area contributed by atoms with Crippen molar-refractivity contribution in [3.8, 4) is 29.0 Å². The highest BCUT2D eigenvalue weighted by Crippen LogP contribution is 2.40. The van der Waals surface area contributed by atoms with E-state index in [0.29, 0.717) is 16.5 Å². The Hall–Kier alpha value is -2.89. The van der Waals surface area contributed by atoms with Gasteiger partial charge in [0.15, 0.2) is 17.3 Å². The molecule has 4 heterocycles. The van der Waals surface area contributed by atoms with E-state index in [1.807, 2.05) is 25.1 Å². The minimum atomic E-state index is -0.149. The van der Waals surface area contributed by atoms with Crippen LogP contribution in [0.3, 0.4) is 0 Å². The van der Waals surface area contributed by atoms with Crippen LogP contribution in [0.4, 0.5) is 5.82 Å². The normalized spacial score (nSPS) is 17.5. The van der Waals surface area contributed by atoms with Crippen molar-refractivity contribution in [3.63, 3.8) is 0 Å². The zero-order valence-electron chi connectivity index (χ0n) is 16.4. The molecule has 2 aliphatic heterocycles. The first-order valence-corrected chi connectivity index (χ1v) is 10.4. The smallest absolute Gasteiger partial charge is 0.231 e. The number of aromatic nitrogens is 2. The van der Waals surface area contributed by atoms with Gasteiger partial charge in [-0.25, -0.2) is 9.97 Å². The zero-order valence-corrected chi connectivity index (χ0v) is 17.2. The van der Waals surface area contributed by atoms with E-state index in [-0.39, 0.29) is 12.3 Å². The minimum absolute atomic E-state index is 0.149. The number of nitriles is 1. The van der Waals surface area contributed by atoms with Crippen molar-refractivity contribution in [1.29, 1.82) is 5.26 Å². The highest BCUT2D eigenvalue weighted by Gasteiger charge is 2.29. The van der Waals surface area contributed by atoms with E-state index in [4.69, 9.17) is 25.2 Å². The molecule has 5 rings (SSSR count). The first-order chi connectivity index (χ1) is 13.9. The molecule has 1 saturated heterocycles. The second kappa shape index (κ2) is 6.58. The van der Waals surface area contributed by atoms with Gasteiger partial charge in [0, 0.05) is 24.2 Å². The second-order valence-electron chi connectivity index (χ2n) is 7.93. The summed E-state index contributed by atoms with van der Waals surface area (Å²) in [6.07, 6.45) is 1.79. The predicted octanol–water partition coefficient (Wildman–Crippen LogP) is 3.58. The van der Waals surface area contributed by atoms with Gasteiger partial charge in [-0.2, -0.15) is 5.26 Å². The molecule has 0 unspecified atom stereocenters. The Morgan fingerprint density at radius 2 is 1.97 bits per heavy atom. The van der Waals surface area contributed by atoms with E-state index < -0.39 is 0 Å². The Morgan fingerprint density at radius 1 is 1.21 bits per heavy atom. The SMILES string of the molecule is Cc1c(C#N)sc2nc(-c3ccc4c(c3)OCO4)nc(N3CCC(C)(N)CC3)c12. The molecule has 2 N–H and O–H groups in total. The van der Waals surface area contributed by atoms with E-state index in [1.54, 1.807) is 0 Å². The predicted molar refractivity (Wildman–Crippen MR) is 112 cm³/mol. The maximum Gasteiger partial charge on any atom is 0.231 e. The Morgan fingerprint density at radius 3 is 2.72 bits per heavy atom. The molecule has 0 bridgehead atoms. The van der Waals surface area contributed by atoms with Gasteiger partial charge in [-0.15, -0.1) is 11.3 Å². The molecule has 1 fully saturated rings. The summed E-state index contributed by atoms with van der Waals surface area (Å²) in [5.74, 6) is 2.93. The lowest BCUT2D eigenvalue weighted by Gasteiger charge is -2.37. The van der Waals surface area contributed by atoms with Gasteiger partial charge >= 0.3 is 0 Å². The van der Waals surface area contributed by atoms with E-state index in [1.165, 1.54) is 11.3 Å². The van der Waals surface area contributed by atoms with Gasteiger partial charge in [-0.3, -0.25) is 0 Å². The van der Waals surface area contributed by atoms with Crippen LogP contribution in [0.2, 0.25) is 0 Å². The maximum absolute atomic E-state index is 9.53. The van der Waals surface area contributed by atoms with Crippen LogP contribution >= 0.6 is 11.3 Å². The number of ether oxygens (including phenoxy) is 2. The van der Waals surface area contributed by atoms with Crippen LogP contribution in [0.5, 0.6) is 11.5 Å². The Kier molecular flexibility index (Phi) is 4.12. The van der Waals surface area contributed by atoms with Gasteiger partial charge in [-0.1, -0.05) is 0 Å². The molecule has 29 heavy (non-hydrogen) atoms. The average molecular weight is 407 g/mol. The van der Waals surface area contributed by atoms with Crippen LogP contribution < -0.4 is 20.1 Å². The molecule has 0 saturated carbocycles. The molecule has 1 aromatic carbocycles. The van der Waals surface area contributed by atoms with Crippen molar-refractivity contribution < 1.29 is 9.47 Å². The number of thiophene rings is 1. The first kappa shape index (κ1) is 18.2. The minimum Gasteiger partial charge on any atom is -0.454 e. The third kappa shape index (κ3) is 3.07. The molecule has 0 radical (unpaired) electrons. The highest BCUT2D eigenvalue weighted by atomic mass is 32.1. The Bertz CT molecular complexity index is 1150. The van der Waals surface area contributed by atoms with Crippen LogP contribution in [-0.2, 0) is 0 Å². The number of benzene rings is 1. The van der Waals surface area contributed by atoms with Gasteiger partial charge in [0.1, 0.15) is 21.6 Å². The monoisotopic (exact) mass is 407 g/mol. The van der Waals surface area contributed by atoms with Crippen LogP contribution in [0.15, 0.2) is 18.2 Å². The summed E-state index contributed by atoms with van der Waals surface area (Å²) >= 11 is 1.42. The summed E-state index contributed by atoms with van der Waals surface area (Å²) in [6, 6.07) is 8.03. The largest absolute Gasteiger partial charge is 0.454 e. The van der Waals surface area contributed by atoms with Crippen molar-refractivity contribution in [3.05, 3.63) is 28.6 Å². The number of aryl methyl sites for hydroxylation is 1. The van der Waals surface area contributed by atoms with Crippen LogP contribution in [0.1, 0.15) is 30.2 Å². The number of rotatable bonds is 2. The summed E-state index contributed by atoms with van der Waals surface area (Å²) in [5.41, 5.74) is 7.99. The third-order valence-electron chi connectivity index (χ3n) is 5.71. The van der Waals surface area contributed by atoms with Gasteiger partial charge in [-0.05, 0) is 50.5 Å². The summed E-state index contributed by atoms with van der Waals surface area (Å²) in [4.78, 5) is 13.5. The van der Waals surface area contributed by atoms with Gasteiger partial charge in [0.05, 0.1) is 5.39 Å². The van der Waals surface area contributed by atoms with Crippen molar-refractivity contribution in [1.82, 2.24) is 9.97 Å². The number of hydrogen-bond acceptors (Lipinski definition) is 8. The van der Waals surface area contributed by atoms with Crippen LogP contribution in [0.25, 0.3) is 21.6 Å². The number of nitrogens with two attached hydrogens (primary N) is 1. The van der Waals surface area contributed by atoms with Crippen LogP contribution in [0, 0.1) is 18.3 Å². The number of piperidine rings is 1. The number of hydrogen-bond donors (Lipinski definition) is 1. The number of fused-ring (bicyclic) bond motifs is 2. The lowest BCUT2D eigenvalue weighted by atomic mass is 9.91. The van der Waals surface area contributed by atoms with Crippen molar-refractivity contribution in [2.24, 2.45) is 5.73 Å². The van der Waals surface area contributed by atoms with Gasteiger partial charge < -0.3 is 20.1 Å². The molecule has 0 spiro atoms. The maximum atomic E-state index is 9.53. The van der Waals surface area contributed by atoms with E-state index in [0.717, 1.165) is 58.8 Å². The molecular weight excluding hydrogens is 386 g/mol. The van der Waals surface area contributed by atoms with Crippen molar-refractivity contribution >= 4 is 27.4 Å². The number of nitrogens with zero attached hydrogens (tertiary/aromatic N) is 4. The summed E-state index contributed by atoms with van der Waals surface area (Å²) in [6.45, 7) is 5.96. The molecule has 2 aromatic heterocycles.